The summed E-state index contributed by atoms with van der Waals surface area (Å²) in [6.45, 7) is 6.41. The number of nitrogens with zero attached hydrogens (tertiary/aromatic N) is 7. The Labute approximate surface area is 184 Å². The van der Waals surface area contributed by atoms with Crippen molar-refractivity contribution in [3.63, 3.8) is 0 Å². The third-order valence-corrected chi connectivity index (χ3v) is 5.59. The van der Waals surface area contributed by atoms with Gasteiger partial charge in [0.1, 0.15) is 12.1 Å². The molecule has 0 radical (unpaired) electrons. The Bertz CT molecular complexity index is 1410. The van der Waals surface area contributed by atoms with Crippen LogP contribution in [0.5, 0.6) is 0 Å². The van der Waals surface area contributed by atoms with E-state index in [0.717, 1.165) is 33.5 Å². The Morgan fingerprint density at radius 1 is 1.03 bits per heavy atom. The minimum atomic E-state index is -0.0651. The highest BCUT2D eigenvalue weighted by Gasteiger charge is 2.17. The fraction of sp³-hybridized carbons (Fsp3) is 0.217. The van der Waals surface area contributed by atoms with Crippen LogP contribution in [-0.4, -0.2) is 36.4 Å². The largest absolute Gasteiger partial charge is 0.329 e. The Hall–Kier alpha value is -3.45. The summed E-state index contributed by atoms with van der Waals surface area (Å²) >= 11 is 6.26. The first-order valence-corrected chi connectivity index (χ1v) is 10.4. The highest BCUT2D eigenvalue weighted by atomic mass is 35.5. The number of anilines is 2. The van der Waals surface area contributed by atoms with Gasteiger partial charge in [0.25, 0.3) is 5.78 Å². The molecule has 2 aromatic carbocycles. The van der Waals surface area contributed by atoms with Gasteiger partial charge in [-0.2, -0.15) is 10.1 Å². The van der Waals surface area contributed by atoms with E-state index in [2.05, 4.69) is 65.4 Å². The van der Waals surface area contributed by atoms with Crippen LogP contribution in [0.2, 0.25) is 5.02 Å². The molecular formula is C23H22ClN7. The van der Waals surface area contributed by atoms with Crippen LogP contribution < -0.4 is 4.90 Å². The standard InChI is InChI=1S/C23H22ClN7/c1-23(2,3)31-13-16(12-26-31)15-6-5-7-18(10-15)29(4)21-19-9-8-17(24)11-20(19)30-14-25-28-22(30)27-21/h5-14H,1-4H3. The third-order valence-electron chi connectivity index (χ3n) is 5.35. The molecule has 156 valence electrons. The monoisotopic (exact) mass is 431 g/mol. The maximum Gasteiger partial charge on any atom is 0.257 e. The molecule has 8 heteroatoms. The van der Waals surface area contributed by atoms with Crippen molar-refractivity contribution in [1.29, 1.82) is 0 Å². The van der Waals surface area contributed by atoms with Gasteiger partial charge in [0, 0.05) is 34.9 Å². The summed E-state index contributed by atoms with van der Waals surface area (Å²) in [5.74, 6) is 1.31. The van der Waals surface area contributed by atoms with Crippen molar-refractivity contribution in [3.8, 4) is 11.1 Å². The van der Waals surface area contributed by atoms with Crippen molar-refractivity contribution in [3.05, 3.63) is 66.2 Å². The van der Waals surface area contributed by atoms with Crippen molar-refractivity contribution in [2.45, 2.75) is 26.3 Å². The number of hydrogen-bond acceptors (Lipinski definition) is 5. The summed E-state index contributed by atoms with van der Waals surface area (Å²) in [6, 6.07) is 14.1. The first kappa shape index (κ1) is 19.5. The molecule has 3 aromatic heterocycles. The predicted octanol–water partition coefficient (Wildman–Crippen LogP) is 5.32. The maximum absolute atomic E-state index is 6.26. The second-order valence-corrected chi connectivity index (χ2v) is 8.99. The summed E-state index contributed by atoms with van der Waals surface area (Å²) in [5.41, 5.74) is 4.02. The molecule has 0 aliphatic rings. The number of halogens is 1. The molecule has 0 N–H and O–H groups in total. The Balaban J connectivity index is 1.61. The topological polar surface area (TPSA) is 64.1 Å². The van der Waals surface area contributed by atoms with Crippen LogP contribution in [0.3, 0.4) is 0 Å². The van der Waals surface area contributed by atoms with Gasteiger partial charge in [-0.25, -0.2) is 0 Å². The van der Waals surface area contributed by atoms with Crippen LogP contribution in [0.1, 0.15) is 20.8 Å². The van der Waals surface area contributed by atoms with E-state index in [-0.39, 0.29) is 5.54 Å². The number of benzene rings is 2. The molecule has 7 nitrogen and oxygen atoms in total. The molecule has 5 aromatic rings. The molecule has 0 saturated carbocycles. The number of aromatic nitrogens is 6. The lowest BCUT2D eigenvalue weighted by molar-refractivity contribution is 0.355. The fourth-order valence-corrected chi connectivity index (χ4v) is 3.80. The van der Waals surface area contributed by atoms with Gasteiger partial charge < -0.3 is 4.90 Å². The van der Waals surface area contributed by atoms with Gasteiger partial charge in [0.05, 0.1) is 17.3 Å². The summed E-state index contributed by atoms with van der Waals surface area (Å²) in [4.78, 5) is 6.82. The Morgan fingerprint density at radius 3 is 2.65 bits per heavy atom. The molecule has 0 spiro atoms. The number of fused-ring (bicyclic) bond motifs is 3. The predicted molar refractivity (Wildman–Crippen MR) is 124 cm³/mol. The Morgan fingerprint density at radius 2 is 1.87 bits per heavy atom. The number of rotatable bonds is 3. The zero-order chi connectivity index (χ0) is 21.8. The molecular weight excluding hydrogens is 410 g/mol. The van der Waals surface area contributed by atoms with Crippen molar-refractivity contribution in [2.24, 2.45) is 0 Å². The lowest BCUT2D eigenvalue weighted by Crippen LogP contribution is -2.21. The van der Waals surface area contributed by atoms with Gasteiger partial charge >= 0.3 is 0 Å². The third kappa shape index (κ3) is 3.41. The van der Waals surface area contributed by atoms with E-state index >= 15 is 0 Å². The summed E-state index contributed by atoms with van der Waals surface area (Å²) in [5, 5.41) is 14.3. The zero-order valence-corrected chi connectivity index (χ0v) is 18.5. The number of hydrogen-bond donors (Lipinski definition) is 0. The molecule has 0 unspecified atom stereocenters. The summed E-state index contributed by atoms with van der Waals surface area (Å²) < 4.78 is 3.83. The molecule has 0 atom stereocenters. The van der Waals surface area contributed by atoms with E-state index in [1.807, 2.05) is 46.6 Å². The smallest absolute Gasteiger partial charge is 0.257 e. The minimum Gasteiger partial charge on any atom is -0.329 e. The van der Waals surface area contributed by atoms with Crippen LogP contribution in [0, 0.1) is 0 Å². The average molecular weight is 432 g/mol. The van der Waals surface area contributed by atoms with Crippen LogP contribution in [0.15, 0.2) is 61.2 Å². The SMILES string of the molecule is CN(c1cccc(-c2cnn(C(C)(C)C)c2)c1)c1nc2nncn2c2cc(Cl)ccc12. The van der Waals surface area contributed by atoms with Crippen molar-refractivity contribution < 1.29 is 0 Å². The van der Waals surface area contributed by atoms with Gasteiger partial charge in [-0.3, -0.25) is 9.08 Å². The van der Waals surface area contributed by atoms with E-state index in [4.69, 9.17) is 16.6 Å². The van der Waals surface area contributed by atoms with Gasteiger partial charge in [-0.05, 0) is 56.7 Å². The normalized spacial score (nSPS) is 12.0. The van der Waals surface area contributed by atoms with Gasteiger partial charge in [0.2, 0.25) is 0 Å². The van der Waals surface area contributed by atoms with Crippen molar-refractivity contribution >= 4 is 39.8 Å². The van der Waals surface area contributed by atoms with Gasteiger partial charge in [0.15, 0.2) is 0 Å². The van der Waals surface area contributed by atoms with Crippen LogP contribution in [-0.2, 0) is 5.54 Å². The van der Waals surface area contributed by atoms with E-state index in [0.29, 0.717) is 10.8 Å². The quantitative estimate of drug-likeness (QED) is 0.387. The minimum absolute atomic E-state index is 0.0651. The lowest BCUT2D eigenvalue weighted by Gasteiger charge is -2.21. The summed E-state index contributed by atoms with van der Waals surface area (Å²) in [7, 11) is 2.00. The van der Waals surface area contributed by atoms with Crippen LogP contribution in [0.25, 0.3) is 27.8 Å². The second kappa shape index (κ2) is 7.06. The first-order chi connectivity index (χ1) is 14.8. The molecule has 0 bridgehead atoms. The second-order valence-electron chi connectivity index (χ2n) is 8.55. The van der Waals surface area contributed by atoms with E-state index < -0.39 is 0 Å². The van der Waals surface area contributed by atoms with Crippen LogP contribution in [0.4, 0.5) is 11.5 Å². The molecule has 0 aliphatic carbocycles. The van der Waals surface area contributed by atoms with Gasteiger partial charge in [-0.15, -0.1) is 10.2 Å². The molecule has 31 heavy (non-hydrogen) atoms. The van der Waals surface area contributed by atoms with E-state index in [1.54, 1.807) is 6.33 Å². The Kier molecular flexibility index (Phi) is 4.44. The zero-order valence-electron chi connectivity index (χ0n) is 17.8. The van der Waals surface area contributed by atoms with Crippen molar-refractivity contribution in [2.75, 3.05) is 11.9 Å². The first-order valence-electron chi connectivity index (χ1n) is 9.99. The maximum atomic E-state index is 6.26. The van der Waals surface area contributed by atoms with Crippen LogP contribution >= 0.6 is 11.6 Å². The highest BCUT2D eigenvalue weighted by Crippen LogP contribution is 2.33. The van der Waals surface area contributed by atoms with Crippen molar-refractivity contribution in [1.82, 2.24) is 29.4 Å². The lowest BCUT2D eigenvalue weighted by atomic mass is 10.1. The molecule has 3 heterocycles. The summed E-state index contributed by atoms with van der Waals surface area (Å²) in [6.07, 6.45) is 5.64. The molecule has 0 aliphatic heterocycles. The fourth-order valence-electron chi connectivity index (χ4n) is 3.63. The molecule has 0 fully saturated rings. The average Bonchev–Trinajstić information content (AvgIpc) is 3.42. The molecule has 0 amide bonds. The van der Waals surface area contributed by atoms with E-state index in [9.17, 15) is 0 Å². The highest BCUT2D eigenvalue weighted by molar-refractivity contribution is 6.31. The molecule has 0 saturated heterocycles. The van der Waals surface area contributed by atoms with Gasteiger partial charge in [-0.1, -0.05) is 23.7 Å². The van der Waals surface area contributed by atoms with E-state index in [1.165, 1.54) is 0 Å². The molecule has 5 rings (SSSR count).